The molecule has 1 aromatic carbocycles. The number of carbonyl (C=O) groups excluding carboxylic acids is 1. The lowest BCUT2D eigenvalue weighted by Crippen LogP contribution is -2.13. The Hall–Kier alpha value is -1.86. The molecule has 0 amide bonds. The molecule has 7 heteroatoms. The maximum Gasteiger partial charge on any atom is 0.316 e. The summed E-state index contributed by atoms with van der Waals surface area (Å²) >= 11 is 1.30. The minimum Gasteiger partial charge on any atom is -0.462 e. The van der Waals surface area contributed by atoms with E-state index in [4.69, 9.17) is 9.47 Å². The number of ether oxygens (including phenoxy) is 2. The van der Waals surface area contributed by atoms with Gasteiger partial charge in [0.25, 0.3) is 0 Å². The van der Waals surface area contributed by atoms with Crippen molar-refractivity contribution in [3.63, 3.8) is 0 Å². The van der Waals surface area contributed by atoms with Crippen LogP contribution in [-0.2, 0) is 20.9 Å². The van der Waals surface area contributed by atoms with Crippen molar-refractivity contribution in [2.75, 3.05) is 12.9 Å². The molecule has 0 atom stereocenters. The van der Waals surface area contributed by atoms with Gasteiger partial charge in [0.05, 0.1) is 11.9 Å². The zero-order chi connectivity index (χ0) is 15.9. The lowest BCUT2D eigenvalue weighted by atomic mass is 10.3. The highest BCUT2D eigenvalue weighted by molar-refractivity contribution is 7.99. The Labute approximate surface area is 133 Å². The number of carbonyl (C=O) groups is 1. The third kappa shape index (κ3) is 4.32. The summed E-state index contributed by atoms with van der Waals surface area (Å²) in [5.74, 6) is 0.611. The summed E-state index contributed by atoms with van der Waals surface area (Å²) in [4.78, 5) is 11.7. The Morgan fingerprint density at radius 2 is 2.00 bits per heavy atom. The van der Waals surface area contributed by atoms with Gasteiger partial charge in [-0.2, -0.15) is 0 Å². The summed E-state index contributed by atoms with van der Waals surface area (Å²) in [6.07, 6.45) is -0.121. The number of thioether (sulfide) groups is 1. The molecule has 0 bridgehead atoms. The third-order valence-electron chi connectivity index (χ3n) is 2.67. The van der Waals surface area contributed by atoms with Crippen LogP contribution in [-0.4, -0.2) is 39.7 Å². The van der Waals surface area contributed by atoms with Gasteiger partial charge in [0.15, 0.2) is 11.0 Å². The number of para-hydroxylation sites is 1. The maximum absolute atomic E-state index is 11.7. The molecule has 0 saturated carbocycles. The molecule has 1 heterocycles. The van der Waals surface area contributed by atoms with Crippen molar-refractivity contribution in [1.29, 1.82) is 0 Å². The number of hydrogen-bond acceptors (Lipinski definition) is 6. The van der Waals surface area contributed by atoms with Crippen LogP contribution < -0.4 is 0 Å². The van der Waals surface area contributed by atoms with Gasteiger partial charge in [0, 0.05) is 12.8 Å². The van der Waals surface area contributed by atoms with Gasteiger partial charge in [-0.25, -0.2) is 0 Å². The summed E-state index contributed by atoms with van der Waals surface area (Å²) in [7, 11) is 1.61. The molecule has 0 aliphatic carbocycles. The molecule has 0 fully saturated rings. The zero-order valence-corrected chi connectivity index (χ0v) is 13.7. The molecule has 1 aromatic heterocycles. The van der Waals surface area contributed by atoms with Crippen molar-refractivity contribution in [3.8, 4) is 5.69 Å². The molecule has 0 radical (unpaired) electrons. The number of nitrogens with zero attached hydrogens (tertiary/aromatic N) is 3. The second-order valence-corrected chi connectivity index (χ2v) is 5.77. The van der Waals surface area contributed by atoms with Gasteiger partial charge in [-0.1, -0.05) is 30.0 Å². The number of methoxy groups -OCH3 is 1. The van der Waals surface area contributed by atoms with E-state index in [0.717, 1.165) is 5.69 Å². The molecule has 0 saturated heterocycles. The Morgan fingerprint density at radius 3 is 2.64 bits per heavy atom. The fourth-order valence-electron chi connectivity index (χ4n) is 1.87. The molecular formula is C15H19N3O3S. The number of benzene rings is 1. The van der Waals surface area contributed by atoms with Gasteiger partial charge in [0.2, 0.25) is 0 Å². The van der Waals surface area contributed by atoms with E-state index in [2.05, 4.69) is 10.2 Å². The first-order valence-corrected chi connectivity index (χ1v) is 7.91. The summed E-state index contributed by atoms with van der Waals surface area (Å²) in [5, 5.41) is 8.92. The highest BCUT2D eigenvalue weighted by Gasteiger charge is 2.16. The van der Waals surface area contributed by atoms with Crippen LogP contribution in [0.3, 0.4) is 0 Å². The van der Waals surface area contributed by atoms with Crippen molar-refractivity contribution >= 4 is 17.7 Å². The molecule has 2 rings (SSSR count). The first-order valence-electron chi connectivity index (χ1n) is 6.92. The van der Waals surface area contributed by atoms with Crippen molar-refractivity contribution in [3.05, 3.63) is 36.2 Å². The van der Waals surface area contributed by atoms with Crippen LogP contribution in [0.2, 0.25) is 0 Å². The van der Waals surface area contributed by atoms with Crippen LogP contribution in [0.5, 0.6) is 0 Å². The van der Waals surface area contributed by atoms with Gasteiger partial charge in [-0.15, -0.1) is 10.2 Å². The monoisotopic (exact) mass is 321 g/mol. The second-order valence-electron chi connectivity index (χ2n) is 4.83. The number of esters is 1. The summed E-state index contributed by atoms with van der Waals surface area (Å²) in [5.41, 5.74) is 0.930. The SMILES string of the molecule is COCc1nnc(SCC(=O)OC(C)C)n1-c1ccccc1. The summed E-state index contributed by atoms with van der Waals surface area (Å²) < 4.78 is 12.2. The molecule has 0 unspecified atom stereocenters. The van der Waals surface area contributed by atoms with E-state index in [1.165, 1.54) is 11.8 Å². The van der Waals surface area contributed by atoms with Crippen molar-refractivity contribution in [2.45, 2.75) is 31.7 Å². The van der Waals surface area contributed by atoms with Crippen LogP contribution >= 0.6 is 11.8 Å². The van der Waals surface area contributed by atoms with Crippen molar-refractivity contribution < 1.29 is 14.3 Å². The average Bonchev–Trinajstić information content (AvgIpc) is 2.88. The van der Waals surface area contributed by atoms with E-state index in [1.807, 2.05) is 48.7 Å². The minimum absolute atomic E-state index is 0.121. The van der Waals surface area contributed by atoms with E-state index < -0.39 is 0 Å². The molecule has 0 aliphatic heterocycles. The molecule has 0 spiro atoms. The smallest absolute Gasteiger partial charge is 0.316 e. The maximum atomic E-state index is 11.7. The van der Waals surface area contributed by atoms with E-state index in [1.54, 1.807) is 7.11 Å². The molecule has 118 valence electrons. The second kappa shape index (κ2) is 7.95. The molecule has 6 nitrogen and oxygen atoms in total. The van der Waals surface area contributed by atoms with Crippen molar-refractivity contribution in [1.82, 2.24) is 14.8 Å². The predicted molar refractivity (Wildman–Crippen MR) is 84.0 cm³/mol. The fraction of sp³-hybridized carbons (Fsp3) is 0.400. The molecule has 22 heavy (non-hydrogen) atoms. The Kier molecular flexibility index (Phi) is 5.97. The minimum atomic E-state index is -0.268. The molecule has 0 N–H and O–H groups in total. The highest BCUT2D eigenvalue weighted by Crippen LogP contribution is 2.22. The molecule has 2 aromatic rings. The quantitative estimate of drug-likeness (QED) is 0.576. The Bertz CT molecular complexity index is 614. The predicted octanol–water partition coefficient (Wildman–Crippen LogP) is 2.46. The fourth-order valence-corrected chi connectivity index (χ4v) is 2.63. The average molecular weight is 321 g/mol. The Morgan fingerprint density at radius 1 is 1.27 bits per heavy atom. The van der Waals surface area contributed by atoms with Crippen LogP contribution in [0.4, 0.5) is 0 Å². The zero-order valence-electron chi connectivity index (χ0n) is 12.9. The molecule has 0 aliphatic rings. The van der Waals surface area contributed by atoms with Crippen LogP contribution in [0.25, 0.3) is 5.69 Å². The third-order valence-corrected chi connectivity index (χ3v) is 3.58. The van der Waals surface area contributed by atoms with E-state index in [-0.39, 0.29) is 17.8 Å². The first-order chi connectivity index (χ1) is 10.6. The van der Waals surface area contributed by atoms with Gasteiger partial charge >= 0.3 is 5.97 Å². The van der Waals surface area contributed by atoms with Crippen molar-refractivity contribution in [2.24, 2.45) is 0 Å². The van der Waals surface area contributed by atoms with E-state index in [0.29, 0.717) is 17.6 Å². The van der Waals surface area contributed by atoms with Crippen LogP contribution in [0.15, 0.2) is 35.5 Å². The topological polar surface area (TPSA) is 66.2 Å². The van der Waals surface area contributed by atoms with Crippen LogP contribution in [0.1, 0.15) is 19.7 Å². The first kappa shape index (κ1) is 16.5. The highest BCUT2D eigenvalue weighted by atomic mass is 32.2. The van der Waals surface area contributed by atoms with Gasteiger partial charge in [-0.3, -0.25) is 9.36 Å². The summed E-state index contributed by atoms with van der Waals surface area (Å²) in [6, 6.07) is 9.73. The summed E-state index contributed by atoms with van der Waals surface area (Å²) in [6.45, 7) is 4.00. The number of rotatable bonds is 7. The Balaban J connectivity index is 2.19. The lowest BCUT2D eigenvalue weighted by Gasteiger charge is -2.10. The van der Waals surface area contributed by atoms with E-state index >= 15 is 0 Å². The van der Waals surface area contributed by atoms with E-state index in [9.17, 15) is 4.79 Å². The van der Waals surface area contributed by atoms with Gasteiger partial charge in [-0.05, 0) is 26.0 Å². The van der Waals surface area contributed by atoms with Gasteiger partial charge < -0.3 is 9.47 Å². The van der Waals surface area contributed by atoms with Gasteiger partial charge in [0.1, 0.15) is 6.61 Å². The molecular weight excluding hydrogens is 302 g/mol. The lowest BCUT2D eigenvalue weighted by molar-refractivity contribution is -0.144. The number of aromatic nitrogens is 3. The van der Waals surface area contributed by atoms with Crippen LogP contribution in [0, 0.1) is 0 Å². The standard InChI is InChI=1S/C15H19N3O3S/c1-11(2)21-14(19)10-22-15-17-16-13(9-20-3)18(15)12-7-5-4-6-8-12/h4-8,11H,9-10H2,1-3H3. The number of hydrogen-bond donors (Lipinski definition) is 0. The largest absolute Gasteiger partial charge is 0.462 e. The normalized spacial score (nSPS) is 10.9.